The van der Waals surface area contributed by atoms with Crippen LogP contribution in [0.2, 0.25) is 0 Å². The molecule has 2 unspecified atom stereocenters. The van der Waals surface area contributed by atoms with E-state index in [2.05, 4.69) is 12.2 Å². The van der Waals surface area contributed by atoms with Crippen LogP contribution in [0.3, 0.4) is 0 Å². The second kappa shape index (κ2) is 6.36. The van der Waals surface area contributed by atoms with Gasteiger partial charge in [-0.05, 0) is 47.1 Å². The van der Waals surface area contributed by atoms with Crippen LogP contribution >= 0.6 is 0 Å². The standard InChI is InChI=1S/C13H25NO3/c1-10-9-11(5-6-14-10)12(15)16-7-8-17-13(2,3)4/h10-11,14H,5-9H2,1-4H3. The average Bonchev–Trinajstić information content (AvgIpc) is 2.23. The lowest BCUT2D eigenvalue weighted by molar-refractivity contribution is -0.152. The van der Waals surface area contributed by atoms with E-state index < -0.39 is 0 Å². The molecular formula is C13H25NO3. The van der Waals surface area contributed by atoms with E-state index in [0.717, 1.165) is 19.4 Å². The molecular weight excluding hydrogens is 218 g/mol. The lowest BCUT2D eigenvalue weighted by Gasteiger charge is -2.26. The van der Waals surface area contributed by atoms with E-state index in [0.29, 0.717) is 19.3 Å². The molecule has 0 aromatic rings. The van der Waals surface area contributed by atoms with Gasteiger partial charge < -0.3 is 14.8 Å². The first-order chi connectivity index (χ1) is 7.88. The predicted molar refractivity (Wildman–Crippen MR) is 66.9 cm³/mol. The van der Waals surface area contributed by atoms with Gasteiger partial charge in [0.15, 0.2) is 0 Å². The molecule has 1 heterocycles. The molecule has 17 heavy (non-hydrogen) atoms. The van der Waals surface area contributed by atoms with Gasteiger partial charge in [-0.3, -0.25) is 4.79 Å². The number of rotatable bonds is 4. The van der Waals surface area contributed by atoms with Gasteiger partial charge in [0.25, 0.3) is 0 Å². The maximum atomic E-state index is 11.8. The van der Waals surface area contributed by atoms with Crippen molar-refractivity contribution < 1.29 is 14.3 Å². The maximum Gasteiger partial charge on any atom is 0.309 e. The Labute approximate surface area is 104 Å². The summed E-state index contributed by atoms with van der Waals surface area (Å²) in [7, 11) is 0. The summed E-state index contributed by atoms with van der Waals surface area (Å²) in [6.45, 7) is 9.79. The van der Waals surface area contributed by atoms with Gasteiger partial charge in [-0.1, -0.05) is 0 Å². The van der Waals surface area contributed by atoms with E-state index in [1.54, 1.807) is 0 Å². The fourth-order valence-corrected chi connectivity index (χ4v) is 1.95. The smallest absolute Gasteiger partial charge is 0.309 e. The molecule has 0 spiro atoms. The molecule has 100 valence electrons. The summed E-state index contributed by atoms with van der Waals surface area (Å²) < 4.78 is 10.7. The second-order valence-corrected chi connectivity index (χ2v) is 5.70. The van der Waals surface area contributed by atoms with Crippen LogP contribution < -0.4 is 5.32 Å². The van der Waals surface area contributed by atoms with Gasteiger partial charge in [-0.25, -0.2) is 0 Å². The molecule has 0 aromatic carbocycles. The molecule has 1 aliphatic heterocycles. The number of carbonyl (C=O) groups excluding carboxylic acids is 1. The molecule has 0 radical (unpaired) electrons. The summed E-state index contributed by atoms with van der Waals surface area (Å²) in [5.41, 5.74) is -0.171. The fourth-order valence-electron chi connectivity index (χ4n) is 1.95. The number of hydrogen-bond donors (Lipinski definition) is 1. The quantitative estimate of drug-likeness (QED) is 0.603. The molecule has 0 aliphatic carbocycles. The minimum atomic E-state index is -0.171. The van der Waals surface area contributed by atoms with E-state index in [1.165, 1.54) is 0 Å². The van der Waals surface area contributed by atoms with Gasteiger partial charge in [0.2, 0.25) is 0 Å². The molecule has 4 heteroatoms. The Kier molecular flexibility index (Phi) is 5.40. The normalized spacial score (nSPS) is 25.6. The summed E-state index contributed by atoms with van der Waals surface area (Å²) in [6, 6.07) is 0.409. The van der Waals surface area contributed by atoms with Crippen molar-refractivity contribution in [3.05, 3.63) is 0 Å². The SMILES string of the molecule is CC1CC(C(=O)OCCOC(C)(C)C)CCN1. The Morgan fingerprint density at radius 2 is 2.06 bits per heavy atom. The number of esters is 1. The van der Waals surface area contributed by atoms with Gasteiger partial charge in [0.1, 0.15) is 6.61 Å². The van der Waals surface area contributed by atoms with Gasteiger partial charge in [0, 0.05) is 6.04 Å². The highest BCUT2D eigenvalue weighted by atomic mass is 16.6. The second-order valence-electron chi connectivity index (χ2n) is 5.70. The minimum Gasteiger partial charge on any atom is -0.463 e. The van der Waals surface area contributed by atoms with Crippen molar-refractivity contribution in [2.45, 2.75) is 52.2 Å². The van der Waals surface area contributed by atoms with E-state index in [4.69, 9.17) is 9.47 Å². The van der Waals surface area contributed by atoms with Crippen LogP contribution in [-0.2, 0) is 14.3 Å². The van der Waals surface area contributed by atoms with Crippen LogP contribution in [0, 0.1) is 5.92 Å². The van der Waals surface area contributed by atoms with Crippen molar-refractivity contribution in [3.8, 4) is 0 Å². The summed E-state index contributed by atoms with van der Waals surface area (Å²) in [5.74, 6) is -0.0169. The number of nitrogens with one attached hydrogen (secondary N) is 1. The lowest BCUT2D eigenvalue weighted by atomic mass is 9.93. The summed E-state index contributed by atoms with van der Waals surface area (Å²) >= 11 is 0. The molecule has 1 N–H and O–H groups in total. The lowest BCUT2D eigenvalue weighted by Crippen LogP contribution is -2.39. The van der Waals surface area contributed by atoms with Crippen LogP contribution in [0.4, 0.5) is 0 Å². The van der Waals surface area contributed by atoms with Crippen LogP contribution in [0.15, 0.2) is 0 Å². The molecule has 0 aromatic heterocycles. The summed E-state index contributed by atoms with van der Waals surface area (Å²) in [5, 5.41) is 3.32. The first-order valence-corrected chi connectivity index (χ1v) is 6.42. The highest BCUT2D eigenvalue weighted by Gasteiger charge is 2.25. The molecule has 0 bridgehead atoms. The number of ether oxygens (including phenoxy) is 2. The van der Waals surface area contributed by atoms with Crippen molar-refractivity contribution in [2.75, 3.05) is 19.8 Å². The highest BCUT2D eigenvalue weighted by molar-refractivity contribution is 5.72. The van der Waals surface area contributed by atoms with Crippen LogP contribution in [-0.4, -0.2) is 37.4 Å². The third-order valence-corrected chi connectivity index (χ3v) is 2.82. The Hall–Kier alpha value is -0.610. The van der Waals surface area contributed by atoms with E-state index in [9.17, 15) is 4.79 Å². The Morgan fingerprint density at radius 3 is 2.65 bits per heavy atom. The molecule has 2 atom stereocenters. The number of piperidine rings is 1. The van der Waals surface area contributed by atoms with Crippen molar-refractivity contribution in [1.82, 2.24) is 5.32 Å². The van der Waals surface area contributed by atoms with E-state index in [1.807, 2.05) is 20.8 Å². The third kappa shape index (κ3) is 6.03. The monoisotopic (exact) mass is 243 g/mol. The van der Waals surface area contributed by atoms with Gasteiger partial charge in [0.05, 0.1) is 18.1 Å². The van der Waals surface area contributed by atoms with Gasteiger partial charge >= 0.3 is 5.97 Å². The first-order valence-electron chi connectivity index (χ1n) is 6.42. The van der Waals surface area contributed by atoms with Gasteiger partial charge in [-0.2, -0.15) is 0 Å². The van der Waals surface area contributed by atoms with Crippen molar-refractivity contribution in [2.24, 2.45) is 5.92 Å². The molecule has 1 fully saturated rings. The summed E-state index contributed by atoms with van der Waals surface area (Å²) in [4.78, 5) is 11.8. The average molecular weight is 243 g/mol. The Morgan fingerprint density at radius 1 is 1.35 bits per heavy atom. The zero-order chi connectivity index (χ0) is 12.9. The topological polar surface area (TPSA) is 47.6 Å². The van der Waals surface area contributed by atoms with E-state index in [-0.39, 0.29) is 17.5 Å². The van der Waals surface area contributed by atoms with Gasteiger partial charge in [-0.15, -0.1) is 0 Å². The number of hydrogen-bond acceptors (Lipinski definition) is 4. The molecule has 1 saturated heterocycles. The maximum absolute atomic E-state index is 11.8. The molecule has 0 amide bonds. The molecule has 0 saturated carbocycles. The first kappa shape index (κ1) is 14.5. The van der Waals surface area contributed by atoms with Crippen LogP contribution in [0.25, 0.3) is 0 Å². The predicted octanol–water partition coefficient (Wildman–Crippen LogP) is 1.73. The van der Waals surface area contributed by atoms with Crippen molar-refractivity contribution in [3.63, 3.8) is 0 Å². The van der Waals surface area contributed by atoms with Crippen LogP contribution in [0.1, 0.15) is 40.5 Å². The highest BCUT2D eigenvalue weighted by Crippen LogP contribution is 2.17. The van der Waals surface area contributed by atoms with E-state index >= 15 is 0 Å². The molecule has 4 nitrogen and oxygen atoms in total. The fraction of sp³-hybridized carbons (Fsp3) is 0.923. The molecule has 1 aliphatic rings. The zero-order valence-corrected chi connectivity index (χ0v) is 11.4. The van der Waals surface area contributed by atoms with Crippen molar-refractivity contribution in [1.29, 1.82) is 0 Å². The largest absolute Gasteiger partial charge is 0.463 e. The van der Waals surface area contributed by atoms with Crippen LogP contribution in [0.5, 0.6) is 0 Å². The Balaban J connectivity index is 2.16. The Bertz CT molecular complexity index is 248. The molecule has 1 rings (SSSR count). The number of carbonyl (C=O) groups is 1. The zero-order valence-electron chi connectivity index (χ0n) is 11.4. The summed E-state index contributed by atoms with van der Waals surface area (Å²) in [6.07, 6.45) is 1.75. The third-order valence-electron chi connectivity index (χ3n) is 2.82. The minimum absolute atomic E-state index is 0.0564. The van der Waals surface area contributed by atoms with Crippen molar-refractivity contribution >= 4 is 5.97 Å².